The van der Waals surface area contributed by atoms with Crippen LogP contribution in [0.5, 0.6) is 0 Å². The summed E-state index contributed by atoms with van der Waals surface area (Å²) in [4.78, 5) is 27.0. The van der Waals surface area contributed by atoms with Crippen LogP contribution in [-0.2, 0) is 19.0 Å². The van der Waals surface area contributed by atoms with Gasteiger partial charge in [-0.25, -0.2) is 4.79 Å². The minimum absolute atomic E-state index is 0. The maximum absolute atomic E-state index is 12.9. The van der Waals surface area contributed by atoms with Crippen LogP contribution in [0.15, 0.2) is 30.3 Å². The van der Waals surface area contributed by atoms with Gasteiger partial charge in [-0.3, -0.25) is 4.79 Å². The van der Waals surface area contributed by atoms with Crippen molar-refractivity contribution in [2.75, 3.05) is 13.2 Å². The molecule has 1 aliphatic heterocycles. The molecule has 1 aromatic carbocycles. The zero-order valence-corrected chi connectivity index (χ0v) is 17.4. The van der Waals surface area contributed by atoms with Crippen LogP contribution in [0.1, 0.15) is 74.2 Å². The Morgan fingerprint density at radius 3 is 2.29 bits per heavy atom. The number of ether oxygens (including phenoxy) is 3. The fourth-order valence-corrected chi connectivity index (χ4v) is 2.99. The van der Waals surface area contributed by atoms with Crippen LogP contribution < -0.4 is 0 Å². The molecular formula is C25H41NO5. The number of amides is 1. The molecule has 176 valence electrons. The fourth-order valence-electron chi connectivity index (χ4n) is 2.99. The zero-order chi connectivity index (χ0) is 20.9. The molecule has 6 nitrogen and oxygen atoms in total. The van der Waals surface area contributed by atoms with Gasteiger partial charge in [0.05, 0.1) is 17.8 Å². The van der Waals surface area contributed by atoms with E-state index in [1.807, 2.05) is 26.8 Å². The van der Waals surface area contributed by atoms with Crippen molar-refractivity contribution >= 4 is 11.9 Å². The van der Waals surface area contributed by atoms with Crippen LogP contribution in [0.4, 0.5) is 0 Å². The monoisotopic (exact) mass is 435 g/mol. The SMILES string of the molecule is C.C.C.CC#CC(OC(=O)c1ccccc1)C1COC(C)(C)N1C(=O)COC(C)(C)C. The molecule has 2 atom stereocenters. The van der Waals surface area contributed by atoms with Gasteiger partial charge in [-0.1, -0.05) is 46.4 Å². The first-order chi connectivity index (χ1) is 13.0. The lowest BCUT2D eigenvalue weighted by Crippen LogP contribution is -2.54. The van der Waals surface area contributed by atoms with Crippen LogP contribution in [0, 0.1) is 11.8 Å². The molecule has 31 heavy (non-hydrogen) atoms. The lowest BCUT2D eigenvalue weighted by Gasteiger charge is -2.36. The molecule has 0 N–H and O–H groups in total. The molecular weight excluding hydrogens is 394 g/mol. The van der Waals surface area contributed by atoms with E-state index in [1.165, 1.54) is 0 Å². The van der Waals surface area contributed by atoms with Crippen molar-refractivity contribution in [3.63, 3.8) is 0 Å². The lowest BCUT2D eigenvalue weighted by atomic mass is 10.1. The van der Waals surface area contributed by atoms with Gasteiger partial charge in [-0.05, 0) is 53.7 Å². The van der Waals surface area contributed by atoms with E-state index >= 15 is 0 Å². The number of carbonyl (C=O) groups excluding carboxylic acids is 2. The number of carbonyl (C=O) groups is 2. The smallest absolute Gasteiger partial charge is 0.339 e. The van der Waals surface area contributed by atoms with Gasteiger partial charge >= 0.3 is 5.97 Å². The van der Waals surface area contributed by atoms with E-state index in [2.05, 4.69) is 11.8 Å². The van der Waals surface area contributed by atoms with Gasteiger partial charge in [-0.2, -0.15) is 0 Å². The Hall–Kier alpha value is -2.36. The molecule has 1 amide bonds. The third-order valence-electron chi connectivity index (χ3n) is 4.30. The zero-order valence-electron chi connectivity index (χ0n) is 17.4. The van der Waals surface area contributed by atoms with Gasteiger partial charge in [0, 0.05) is 0 Å². The first-order valence-corrected chi connectivity index (χ1v) is 9.33. The summed E-state index contributed by atoms with van der Waals surface area (Å²) in [6.07, 6.45) is -0.807. The number of nitrogens with zero attached hydrogens (tertiary/aromatic N) is 1. The summed E-state index contributed by atoms with van der Waals surface area (Å²) < 4.78 is 17.1. The average molecular weight is 436 g/mol. The standard InChI is InChI=1S/C22H29NO5.3CH4/c1-7-11-18(28-20(25)16-12-9-8-10-13-16)17-14-27-22(5,6)23(17)19(24)15-26-21(2,3)4;;;/h8-10,12-13,17-18H,14-15H2,1-6H3;3*1H4. The van der Waals surface area contributed by atoms with Crippen molar-refractivity contribution in [1.29, 1.82) is 0 Å². The van der Waals surface area contributed by atoms with Crippen molar-refractivity contribution in [2.45, 2.75) is 87.3 Å². The Morgan fingerprint density at radius 1 is 1.19 bits per heavy atom. The van der Waals surface area contributed by atoms with Crippen LogP contribution in [0.2, 0.25) is 0 Å². The normalized spacial score (nSPS) is 17.6. The summed E-state index contributed by atoms with van der Waals surface area (Å²) in [5.74, 6) is 4.98. The number of hydrogen-bond donors (Lipinski definition) is 0. The Bertz CT molecular complexity index is 756. The van der Waals surface area contributed by atoms with Crippen molar-refractivity contribution < 1.29 is 23.8 Å². The second kappa shape index (κ2) is 12.5. The van der Waals surface area contributed by atoms with Gasteiger partial charge < -0.3 is 19.1 Å². The minimum Gasteiger partial charge on any atom is -0.443 e. The molecule has 1 aliphatic rings. The Kier molecular flexibility index (Phi) is 12.4. The molecule has 1 heterocycles. The van der Waals surface area contributed by atoms with Gasteiger partial charge in [0.1, 0.15) is 18.4 Å². The molecule has 1 fully saturated rings. The second-order valence-electron chi connectivity index (χ2n) is 8.08. The van der Waals surface area contributed by atoms with Crippen molar-refractivity contribution in [1.82, 2.24) is 4.90 Å². The molecule has 1 aromatic rings. The largest absolute Gasteiger partial charge is 0.443 e. The van der Waals surface area contributed by atoms with Crippen LogP contribution >= 0.6 is 0 Å². The highest BCUT2D eigenvalue weighted by Crippen LogP contribution is 2.30. The van der Waals surface area contributed by atoms with E-state index in [1.54, 1.807) is 49.9 Å². The molecule has 0 saturated carbocycles. The number of hydrogen-bond acceptors (Lipinski definition) is 5. The van der Waals surface area contributed by atoms with Crippen molar-refractivity contribution in [3.8, 4) is 11.8 Å². The highest BCUT2D eigenvalue weighted by Gasteiger charge is 2.48. The van der Waals surface area contributed by atoms with E-state index in [-0.39, 0.29) is 41.4 Å². The highest BCUT2D eigenvalue weighted by molar-refractivity contribution is 5.89. The fraction of sp³-hybridized carbons (Fsp3) is 0.600. The van der Waals surface area contributed by atoms with E-state index in [0.29, 0.717) is 5.56 Å². The van der Waals surface area contributed by atoms with Gasteiger partial charge in [0.2, 0.25) is 0 Å². The van der Waals surface area contributed by atoms with E-state index in [4.69, 9.17) is 14.2 Å². The summed E-state index contributed by atoms with van der Waals surface area (Å²) >= 11 is 0. The number of benzene rings is 1. The minimum atomic E-state index is -0.851. The predicted molar refractivity (Wildman–Crippen MR) is 126 cm³/mol. The topological polar surface area (TPSA) is 65.1 Å². The highest BCUT2D eigenvalue weighted by atomic mass is 16.6. The average Bonchev–Trinajstić information content (AvgIpc) is 2.94. The van der Waals surface area contributed by atoms with Crippen molar-refractivity contribution in [3.05, 3.63) is 35.9 Å². The Morgan fingerprint density at radius 2 is 1.77 bits per heavy atom. The number of rotatable bonds is 5. The molecule has 0 aromatic heterocycles. The predicted octanol–water partition coefficient (Wildman–Crippen LogP) is 4.92. The molecule has 0 radical (unpaired) electrons. The van der Waals surface area contributed by atoms with E-state index in [9.17, 15) is 9.59 Å². The summed E-state index contributed by atoms with van der Waals surface area (Å²) in [6, 6.07) is 8.17. The quantitative estimate of drug-likeness (QED) is 0.485. The maximum atomic E-state index is 12.9. The summed E-state index contributed by atoms with van der Waals surface area (Å²) in [7, 11) is 0. The molecule has 2 rings (SSSR count). The summed E-state index contributed by atoms with van der Waals surface area (Å²) in [5.41, 5.74) is -0.869. The van der Waals surface area contributed by atoms with E-state index in [0.717, 1.165) is 0 Å². The van der Waals surface area contributed by atoms with E-state index < -0.39 is 29.4 Å². The summed E-state index contributed by atoms with van der Waals surface area (Å²) in [5, 5.41) is 0. The molecule has 1 saturated heterocycles. The third-order valence-corrected chi connectivity index (χ3v) is 4.30. The Labute approximate surface area is 189 Å². The van der Waals surface area contributed by atoms with Gasteiger partial charge in [-0.15, -0.1) is 5.92 Å². The first-order valence-electron chi connectivity index (χ1n) is 9.33. The molecule has 0 aliphatic carbocycles. The van der Waals surface area contributed by atoms with Gasteiger partial charge in [0.25, 0.3) is 5.91 Å². The maximum Gasteiger partial charge on any atom is 0.339 e. The lowest BCUT2D eigenvalue weighted by molar-refractivity contribution is -0.157. The molecule has 2 unspecified atom stereocenters. The first kappa shape index (κ1) is 30.8. The van der Waals surface area contributed by atoms with Crippen molar-refractivity contribution in [2.24, 2.45) is 0 Å². The van der Waals surface area contributed by atoms with Crippen LogP contribution in [0.25, 0.3) is 0 Å². The number of esters is 1. The molecule has 6 heteroatoms. The molecule has 0 spiro atoms. The summed E-state index contributed by atoms with van der Waals surface area (Å²) in [6.45, 7) is 11.1. The second-order valence-corrected chi connectivity index (χ2v) is 8.08. The van der Waals surface area contributed by atoms with Crippen LogP contribution in [0.3, 0.4) is 0 Å². The van der Waals surface area contributed by atoms with Gasteiger partial charge in [0.15, 0.2) is 6.10 Å². The Balaban J connectivity index is 0. The third kappa shape index (κ3) is 8.35. The van der Waals surface area contributed by atoms with Crippen LogP contribution in [-0.4, -0.2) is 53.5 Å². The molecule has 0 bridgehead atoms.